The minimum absolute atomic E-state index is 0.655. The van der Waals surface area contributed by atoms with Crippen molar-refractivity contribution in [3.63, 3.8) is 0 Å². The van der Waals surface area contributed by atoms with Gasteiger partial charge in [0.1, 0.15) is 0 Å². The van der Waals surface area contributed by atoms with Gasteiger partial charge in [0.05, 0.1) is 0 Å². The van der Waals surface area contributed by atoms with Crippen LogP contribution in [0.1, 0.15) is 5.56 Å². The molecule has 3 heteroatoms. The van der Waals surface area contributed by atoms with Gasteiger partial charge in [0.15, 0.2) is 0 Å². The van der Waals surface area contributed by atoms with Crippen LogP contribution in [0.4, 0.5) is 5.69 Å². The molecule has 0 saturated carbocycles. The Labute approximate surface area is 192 Å². The zero-order valence-corrected chi connectivity index (χ0v) is 19.5. The summed E-state index contributed by atoms with van der Waals surface area (Å²) in [5, 5.41) is 2.28. The van der Waals surface area contributed by atoms with Gasteiger partial charge in [-0.2, -0.15) is 0 Å². The molecule has 5 aromatic rings. The zero-order valence-electron chi connectivity index (χ0n) is 17.2. The fourth-order valence-corrected chi connectivity index (χ4v) is 6.55. The van der Waals surface area contributed by atoms with E-state index in [-0.39, 0.29) is 0 Å². The molecule has 5 rings (SSSR count). The van der Waals surface area contributed by atoms with Gasteiger partial charge in [-0.05, 0) is 0 Å². The second-order valence-corrected chi connectivity index (χ2v) is 10.4. The second-order valence-electron chi connectivity index (χ2n) is 7.34. The molecule has 0 bridgehead atoms. The van der Waals surface area contributed by atoms with Gasteiger partial charge in [0.2, 0.25) is 0 Å². The molecule has 0 aliphatic heterocycles. The Hall–Kier alpha value is -3.12. The normalized spacial score (nSPS) is 11.7. The van der Waals surface area contributed by atoms with E-state index >= 15 is 0 Å². The fourth-order valence-electron chi connectivity index (χ4n) is 3.49. The number of benzene rings is 4. The van der Waals surface area contributed by atoms with Crippen LogP contribution < -0.4 is 12.8 Å². The molecule has 31 heavy (non-hydrogen) atoms. The van der Waals surface area contributed by atoms with E-state index in [9.17, 15) is 0 Å². The Morgan fingerprint density at radius 3 is 1.97 bits per heavy atom. The maximum absolute atomic E-state index is 6.58. The molecule has 0 atom stereocenters. The topological polar surface area (TPSA) is 25.5 Å². The first-order chi connectivity index (χ1) is 15.3. The monoisotopic (exact) mass is 517 g/mol. The van der Waals surface area contributed by atoms with Crippen LogP contribution >= 0.6 is 0 Å². The van der Waals surface area contributed by atoms with Gasteiger partial charge >= 0.3 is 193 Å². The standard InChI is InChI=1S/C28H21NOTe/c1-20-16-18-22(19-17-20)29-28-25-15-9-8-14-24(25)27(31-23-12-6-3-7-13-23)26(30-28)21-10-4-2-5-11-21/h2-19H,1H3. The van der Waals surface area contributed by atoms with Crippen LogP contribution in [-0.4, -0.2) is 20.9 Å². The zero-order chi connectivity index (χ0) is 21.0. The van der Waals surface area contributed by atoms with Crippen LogP contribution in [0, 0.1) is 6.92 Å². The summed E-state index contributed by atoms with van der Waals surface area (Å²) < 4.78 is 9.27. The van der Waals surface area contributed by atoms with E-state index in [4.69, 9.17) is 9.41 Å². The number of hydrogen-bond acceptors (Lipinski definition) is 2. The van der Waals surface area contributed by atoms with Crippen molar-refractivity contribution in [2.75, 3.05) is 0 Å². The van der Waals surface area contributed by atoms with Crippen LogP contribution in [0.3, 0.4) is 0 Å². The minimum atomic E-state index is -0.657. The summed E-state index contributed by atoms with van der Waals surface area (Å²) >= 11 is -0.657. The summed E-state index contributed by atoms with van der Waals surface area (Å²) in [5.41, 5.74) is 3.85. The molecule has 0 fully saturated rings. The van der Waals surface area contributed by atoms with Crippen LogP contribution in [0.25, 0.3) is 22.1 Å². The first-order valence-corrected chi connectivity index (χ1v) is 12.6. The number of hydrogen-bond donors (Lipinski definition) is 0. The molecule has 0 aliphatic rings. The molecular formula is C28H21NOTe. The van der Waals surface area contributed by atoms with Crippen LogP contribution in [0.5, 0.6) is 0 Å². The molecule has 4 aromatic carbocycles. The summed E-state index contributed by atoms with van der Waals surface area (Å²) in [5.74, 6) is 0.927. The number of rotatable bonds is 4. The second kappa shape index (κ2) is 8.94. The van der Waals surface area contributed by atoms with E-state index in [2.05, 4.69) is 97.9 Å². The van der Waals surface area contributed by atoms with Crippen LogP contribution in [-0.2, 0) is 0 Å². The number of nitrogens with zero attached hydrogens (tertiary/aromatic N) is 1. The Morgan fingerprint density at radius 2 is 1.26 bits per heavy atom. The molecule has 1 aromatic heterocycles. The van der Waals surface area contributed by atoms with Crippen molar-refractivity contribution >= 4 is 44.6 Å². The van der Waals surface area contributed by atoms with Crippen molar-refractivity contribution in [2.45, 2.75) is 6.92 Å². The van der Waals surface area contributed by atoms with Gasteiger partial charge in [0, 0.05) is 0 Å². The van der Waals surface area contributed by atoms with Crippen molar-refractivity contribution in [3.8, 4) is 11.3 Å². The van der Waals surface area contributed by atoms with E-state index in [0.29, 0.717) is 5.55 Å². The summed E-state index contributed by atoms with van der Waals surface area (Å²) in [4.78, 5) is 4.89. The van der Waals surface area contributed by atoms with E-state index in [1.54, 1.807) is 0 Å². The Balaban J connectivity index is 1.80. The van der Waals surface area contributed by atoms with Crippen molar-refractivity contribution in [3.05, 3.63) is 120 Å². The van der Waals surface area contributed by atoms with Crippen LogP contribution in [0.2, 0.25) is 0 Å². The average Bonchev–Trinajstić information content (AvgIpc) is 2.83. The quantitative estimate of drug-likeness (QED) is 0.299. The summed E-state index contributed by atoms with van der Waals surface area (Å²) in [7, 11) is 0. The third kappa shape index (κ3) is 4.35. The molecule has 0 radical (unpaired) electrons. The molecule has 0 spiro atoms. The molecule has 2 nitrogen and oxygen atoms in total. The summed E-state index contributed by atoms with van der Waals surface area (Å²) in [6.07, 6.45) is 0. The van der Waals surface area contributed by atoms with Gasteiger partial charge in [-0.15, -0.1) is 0 Å². The van der Waals surface area contributed by atoms with Gasteiger partial charge < -0.3 is 0 Å². The number of aryl methyl sites for hydroxylation is 1. The van der Waals surface area contributed by atoms with Crippen molar-refractivity contribution in [1.82, 2.24) is 0 Å². The summed E-state index contributed by atoms with van der Waals surface area (Å²) in [6, 6.07) is 37.8. The SMILES string of the molecule is Cc1ccc(N=c2oc(-c3ccccc3)c([Te]c3ccccc3)c3ccccc23)cc1. The molecule has 150 valence electrons. The Kier molecular flexibility index (Phi) is 5.71. The van der Waals surface area contributed by atoms with E-state index in [1.807, 2.05) is 18.2 Å². The van der Waals surface area contributed by atoms with Crippen LogP contribution in [0.15, 0.2) is 119 Å². The maximum atomic E-state index is 6.58. The average molecular weight is 515 g/mol. The Morgan fingerprint density at radius 1 is 0.645 bits per heavy atom. The van der Waals surface area contributed by atoms with Crippen molar-refractivity contribution < 1.29 is 4.42 Å². The molecule has 1 heterocycles. The van der Waals surface area contributed by atoms with E-state index in [1.165, 1.54) is 18.2 Å². The summed E-state index contributed by atoms with van der Waals surface area (Å²) in [6.45, 7) is 2.08. The predicted octanol–water partition coefficient (Wildman–Crippen LogP) is 5.30. The van der Waals surface area contributed by atoms with Gasteiger partial charge in [0.25, 0.3) is 0 Å². The predicted molar refractivity (Wildman–Crippen MR) is 130 cm³/mol. The molecule has 0 unspecified atom stereocenters. The third-order valence-corrected chi connectivity index (χ3v) is 8.26. The molecule has 0 amide bonds. The van der Waals surface area contributed by atoms with E-state index in [0.717, 1.165) is 22.4 Å². The molecular weight excluding hydrogens is 494 g/mol. The Bertz CT molecular complexity index is 1390. The van der Waals surface area contributed by atoms with E-state index < -0.39 is 20.9 Å². The van der Waals surface area contributed by atoms with Crippen molar-refractivity contribution in [2.24, 2.45) is 4.99 Å². The van der Waals surface area contributed by atoms with Gasteiger partial charge in [-0.1, -0.05) is 0 Å². The van der Waals surface area contributed by atoms with Gasteiger partial charge in [-0.3, -0.25) is 0 Å². The number of fused-ring (bicyclic) bond motifs is 1. The molecule has 0 aliphatic carbocycles. The molecule has 0 N–H and O–H groups in total. The fraction of sp³-hybridized carbons (Fsp3) is 0.0357. The van der Waals surface area contributed by atoms with Gasteiger partial charge in [-0.25, -0.2) is 0 Å². The first kappa shape index (κ1) is 19.8. The first-order valence-electron chi connectivity index (χ1n) is 10.2. The van der Waals surface area contributed by atoms with Crippen molar-refractivity contribution in [1.29, 1.82) is 0 Å². The molecule has 0 saturated heterocycles. The third-order valence-electron chi connectivity index (χ3n) is 5.07.